The van der Waals surface area contributed by atoms with Crippen LogP contribution in [0.25, 0.3) is 10.9 Å². The van der Waals surface area contributed by atoms with Crippen molar-refractivity contribution in [2.45, 2.75) is 27.7 Å². The van der Waals surface area contributed by atoms with Gasteiger partial charge in [0.2, 0.25) is 5.88 Å². The zero-order chi connectivity index (χ0) is 54.4. The van der Waals surface area contributed by atoms with E-state index < -0.39 is 0 Å². The summed E-state index contributed by atoms with van der Waals surface area (Å²) in [5, 5.41) is 12.9. The van der Waals surface area contributed by atoms with Crippen LogP contribution in [0, 0.1) is 20.8 Å². The standard InChI is InChI=1S/C23H17ClN2S.C21H19ClN2OS.C19H14BrClN2S/c1-15-6-2-3-9-18(15)23(27)19-12-11-17(14-20(19)24)26-21-10-4-7-16-8-5-13-25-22(16)21;1-3-25-20-11-9-16(13-23-20)24-15-8-10-18(19(22)12-15)21(26)17-7-5-4-6-14(17)2;1-12-5-2-3-6-14(12)18(24)15-9-8-13(11-17(15)21)23-19-16(20)7-4-10-22-19/h2-14,26H,1H3;4-13,24H,3H2,1-2H3;2-11H,1H3,(H,22,23). The summed E-state index contributed by atoms with van der Waals surface area (Å²) < 4.78 is 6.24. The van der Waals surface area contributed by atoms with Crippen LogP contribution in [0.1, 0.15) is 57.0 Å². The zero-order valence-electron chi connectivity index (χ0n) is 42.2. The van der Waals surface area contributed by atoms with Gasteiger partial charge >= 0.3 is 0 Å². The number of thiocarbonyl (C=S) groups is 3. The first-order chi connectivity index (χ1) is 37.3. The molecule has 7 nitrogen and oxygen atoms in total. The van der Waals surface area contributed by atoms with Crippen molar-refractivity contribution in [2.24, 2.45) is 0 Å². The highest BCUT2D eigenvalue weighted by molar-refractivity contribution is 9.10. The molecule has 0 saturated carbocycles. The molecule has 3 aromatic heterocycles. The van der Waals surface area contributed by atoms with Crippen molar-refractivity contribution in [2.75, 3.05) is 22.6 Å². The number of benzene rings is 7. The van der Waals surface area contributed by atoms with Gasteiger partial charge in [-0.2, -0.15) is 0 Å². The molecule has 0 saturated heterocycles. The summed E-state index contributed by atoms with van der Waals surface area (Å²) in [6.07, 6.45) is 5.26. The Morgan fingerprint density at radius 1 is 0.468 bits per heavy atom. The molecule has 7 aromatic carbocycles. The Morgan fingerprint density at radius 2 is 0.922 bits per heavy atom. The summed E-state index contributed by atoms with van der Waals surface area (Å²) >= 11 is 40.0. The predicted octanol–water partition coefficient (Wildman–Crippen LogP) is 19.0. The molecule has 3 heterocycles. The summed E-state index contributed by atoms with van der Waals surface area (Å²) in [6, 6.07) is 59.2. The molecule has 0 amide bonds. The maximum Gasteiger partial charge on any atom is 0.213 e. The number of rotatable bonds is 14. The first-order valence-corrected chi connectivity index (χ1v) is 27.5. The van der Waals surface area contributed by atoms with Crippen LogP contribution < -0.4 is 20.7 Å². The first-order valence-electron chi connectivity index (χ1n) is 24.3. The number of nitrogens with zero attached hydrogens (tertiary/aromatic N) is 3. The predicted molar refractivity (Wildman–Crippen MR) is 339 cm³/mol. The van der Waals surface area contributed by atoms with Crippen LogP contribution >= 0.6 is 87.4 Å². The molecule has 0 aliphatic carbocycles. The maximum atomic E-state index is 6.57. The Hall–Kier alpha value is -6.93. The summed E-state index contributed by atoms with van der Waals surface area (Å²) in [7, 11) is 0. The number of pyridine rings is 3. The van der Waals surface area contributed by atoms with Crippen molar-refractivity contribution in [3.8, 4) is 5.88 Å². The SMILES string of the molecule is CCOc1ccc(Nc2ccc(C(=S)c3ccccc3C)c(Cl)c2)cn1.Cc1ccccc1C(=S)c1ccc(Nc2cccc3cccnc23)cc1Cl.Cc1ccccc1C(=S)c1ccc(Nc2ncccc2Br)cc1Cl. The molecule has 0 aliphatic rings. The van der Waals surface area contributed by atoms with E-state index in [1.54, 1.807) is 18.6 Å². The smallest absolute Gasteiger partial charge is 0.213 e. The Morgan fingerprint density at radius 3 is 1.39 bits per heavy atom. The lowest BCUT2D eigenvalue weighted by Gasteiger charge is -2.13. The van der Waals surface area contributed by atoms with Crippen LogP contribution in [0.2, 0.25) is 15.1 Å². The van der Waals surface area contributed by atoms with Crippen molar-refractivity contribution in [1.29, 1.82) is 0 Å². The quantitative estimate of drug-likeness (QED) is 0.0723. The number of hydrogen-bond acceptors (Lipinski definition) is 10. The lowest BCUT2D eigenvalue weighted by molar-refractivity contribution is 0.327. The second-order valence-corrected chi connectivity index (χ2v) is 20.7. The van der Waals surface area contributed by atoms with E-state index in [0.29, 0.717) is 27.6 Å². The number of anilines is 6. The van der Waals surface area contributed by atoms with Gasteiger partial charge in [0.15, 0.2) is 0 Å². The number of ether oxygens (including phenoxy) is 1. The van der Waals surface area contributed by atoms with E-state index in [0.717, 1.165) is 114 Å². The third-order valence-corrected chi connectivity index (χ3v) is 15.0. The van der Waals surface area contributed by atoms with Crippen molar-refractivity contribution in [1.82, 2.24) is 15.0 Å². The van der Waals surface area contributed by atoms with E-state index >= 15 is 0 Å². The van der Waals surface area contributed by atoms with Gasteiger partial charge in [-0.3, -0.25) is 4.98 Å². The normalized spacial score (nSPS) is 10.5. The molecule has 0 atom stereocenters. The highest BCUT2D eigenvalue weighted by Crippen LogP contribution is 2.32. The molecule has 0 unspecified atom stereocenters. The Bertz CT molecular complexity index is 3760. The molecule has 384 valence electrons. The number of nitrogens with one attached hydrogen (secondary N) is 3. The topological polar surface area (TPSA) is 84.0 Å². The van der Waals surface area contributed by atoms with Crippen LogP contribution in [-0.4, -0.2) is 36.2 Å². The fourth-order valence-electron chi connectivity index (χ4n) is 8.08. The average Bonchev–Trinajstić information content (AvgIpc) is 3.43. The lowest BCUT2D eigenvalue weighted by atomic mass is 10.00. The van der Waals surface area contributed by atoms with Gasteiger partial charge in [-0.05, 0) is 162 Å². The van der Waals surface area contributed by atoms with Gasteiger partial charge in [-0.25, -0.2) is 9.97 Å². The zero-order valence-corrected chi connectivity index (χ0v) is 48.5. The number of fused-ring (bicyclic) bond motifs is 1. The van der Waals surface area contributed by atoms with Gasteiger partial charge in [0.1, 0.15) is 5.82 Å². The Kier molecular flexibility index (Phi) is 19.7. The molecule has 0 spiro atoms. The molecular weight excluding hydrogens is 1140 g/mol. The minimum Gasteiger partial charge on any atom is -0.478 e. The van der Waals surface area contributed by atoms with Gasteiger partial charge in [0.25, 0.3) is 0 Å². The maximum absolute atomic E-state index is 6.57. The summed E-state index contributed by atoms with van der Waals surface area (Å²) in [6.45, 7) is 8.67. The largest absolute Gasteiger partial charge is 0.478 e. The monoisotopic (exact) mass is 1190 g/mol. The molecule has 14 heteroatoms. The number of halogens is 4. The van der Waals surface area contributed by atoms with Crippen molar-refractivity contribution < 1.29 is 4.74 Å². The number of aryl methyl sites for hydroxylation is 3. The summed E-state index contributed by atoms with van der Waals surface area (Å²) in [5.41, 5.74) is 14.4. The van der Waals surface area contributed by atoms with Crippen molar-refractivity contribution >= 4 is 147 Å². The number of para-hydroxylation sites is 1. The molecule has 0 bridgehead atoms. The van der Waals surface area contributed by atoms with Gasteiger partial charge in [-0.15, -0.1) is 0 Å². The third kappa shape index (κ3) is 14.6. The molecule has 0 aliphatic heterocycles. The highest BCUT2D eigenvalue weighted by atomic mass is 79.9. The number of aromatic nitrogens is 3. The van der Waals surface area contributed by atoms with E-state index in [2.05, 4.69) is 59.8 Å². The van der Waals surface area contributed by atoms with Gasteiger partial charge < -0.3 is 20.7 Å². The van der Waals surface area contributed by atoms with E-state index in [9.17, 15) is 0 Å². The summed E-state index contributed by atoms with van der Waals surface area (Å²) in [4.78, 5) is 15.3. The van der Waals surface area contributed by atoms with Gasteiger partial charge in [0.05, 0.1) is 63.8 Å². The Balaban J connectivity index is 0.000000153. The minimum absolute atomic E-state index is 0.595. The molecule has 0 radical (unpaired) electrons. The second kappa shape index (κ2) is 26.9. The second-order valence-electron chi connectivity index (χ2n) is 17.4. The molecule has 77 heavy (non-hydrogen) atoms. The van der Waals surface area contributed by atoms with Crippen LogP contribution in [-0.2, 0) is 0 Å². The van der Waals surface area contributed by atoms with E-state index in [1.807, 2.05) is 197 Å². The van der Waals surface area contributed by atoms with Crippen molar-refractivity contribution in [3.05, 3.63) is 270 Å². The van der Waals surface area contributed by atoms with E-state index in [4.69, 9.17) is 76.2 Å². The van der Waals surface area contributed by atoms with Gasteiger partial charge in [0, 0.05) is 57.6 Å². The molecule has 3 N–H and O–H groups in total. The highest BCUT2D eigenvalue weighted by Gasteiger charge is 2.15. The minimum atomic E-state index is 0.595. The number of hydrogen-bond donors (Lipinski definition) is 3. The van der Waals surface area contributed by atoms with E-state index in [-0.39, 0.29) is 0 Å². The van der Waals surface area contributed by atoms with Gasteiger partial charge in [-0.1, -0.05) is 162 Å². The molecule has 10 aromatic rings. The third-order valence-electron chi connectivity index (χ3n) is 12.1. The van der Waals surface area contributed by atoms with Crippen LogP contribution in [0.15, 0.2) is 205 Å². The average molecular weight is 1190 g/mol. The lowest BCUT2D eigenvalue weighted by Crippen LogP contribution is -2.03. The van der Waals surface area contributed by atoms with Crippen LogP contribution in [0.4, 0.5) is 34.3 Å². The fraction of sp³-hybridized carbons (Fsp3) is 0.0794. The fourth-order valence-corrected chi connectivity index (χ4v) is 10.6. The van der Waals surface area contributed by atoms with Crippen molar-refractivity contribution in [3.63, 3.8) is 0 Å². The van der Waals surface area contributed by atoms with E-state index in [1.165, 1.54) is 0 Å². The summed E-state index contributed by atoms with van der Waals surface area (Å²) in [5.74, 6) is 1.35. The van der Waals surface area contributed by atoms with Crippen LogP contribution in [0.5, 0.6) is 5.88 Å². The molecule has 0 fully saturated rings. The molecular formula is C63H50BrCl3N6OS3. The first kappa shape index (κ1) is 56.3. The van der Waals surface area contributed by atoms with Crippen LogP contribution in [0.3, 0.4) is 0 Å². The Labute approximate surface area is 489 Å². The molecule has 10 rings (SSSR count).